The van der Waals surface area contributed by atoms with Crippen molar-refractivity contribution >= 4 is 27.7 Å². The lowest BCUT2D eigenvalue weighted by Crippen LogP contribution is -2.40. The number of aromatic nitrogens is 1. The molecule has 0 spiro atoms. The van der Waals surface area contributed by atoms with E-state index in [2.05, 4.69) is 28.5 Å². The first-order valence-electron chi connectivity index (χ1n) is 11.0. The van der Waals surface area contributed by atoms with E-state index >= 15 is 0 Å². The molecular weight excluding hydrogens is 470 g/mol. The highest BCUT2D eigenvalue weighted by Gasteiger charge is 2.26. The van der Waals surface area contributed by atoms with Gasteiger partial charge in [0, 0.05) is 30.7 Å². The number of rotatable bonds is 7. The Morgan fingerprint density at radius 3 is 2.56 bits per heavy atom. The summed E-state index contributed by atoms with van der Waals surface area (Å²) in [4.78, 5) is 18.7. The van der Waals surface area contributed by atoms with E-state index in [0.29, 0.717) is 36.9 Å². The maximum absolute atomic E-state index is 12.9. The lowest BCUT2D eigenvalue weighted by molar-refractivity contribution is 0.0730. The Balaban J connectivity index is 1.43. The number of nitrogens with zero attached hydrogens (tertiary/aromatic N) is 2. The normalized spacial score (nSPS) is 14.6. The highest BCUT2D eigenvalue weighted by molar-refractivity contribution is 7.99. The monoisotopic (exact) mass is 497 g/mol. The minimum absolute atomic E-state index is 0.231. The average molecular weight is 498 g/mol. The van der Waals surface area contributed by atoms with Gasteiger partial charge in [-0.15, -0.1) is 0 Å². The molecule has 3 aromatic rings. The number of amides is 1. The number of pyridine rings is 1. The smallest absolute Gasteiger partial charge is 0.254 e. The van der Waals surface area contributed by atoms with Gasteiger partial charge < -0.3 is 10.1 Å². The molecule has 1 N–H and O–H groups in total. The number of benzene rings is 2. The van der Waals surface area contributed by atoms with Gasteiger partial charge in [-0.05, 0) is 60.9 Å². The van der Waals surface area contributed by atoms with Crippen LogP contribution in [0, 0.1) is 13.8 Å². The molecule has 9 heteroatoms. The summed E-state index contributed by atoms with van der Waals surface area (Å²) in [6.45, 7) is 5.86. The van der Waals surface area contributed by atoms with E-state index in [9.17, 15) is 13.2 Å². The molecule has 0 saturated carbocycles. The van der Waals surface area contributed by atoms with Gasteiger partial charge >= 0.3 is 0 Å². The first kappa shape index (κ1) is 24.4. The fourth-order valence-electron chi connectivity index (χ4n) is 3.56. The number of carbonyl (C=O) groups excluding carboxylic acids is 1. The van der Waals surface area contributed by atoms with Gasteiger partial charge in [-0.3, -0.25) is 4.79 Å². The van der Waals surface area contributed by atoms with Crippen molar-refractivity contribution in [3.05, 3.63) is 83.0 Å². The number of morpholine rings is 1. The van der Waals surface area contributed by atoms with Gasteiger partial charge in [0.1, 0.15) is 5.03 Å². The molecule has 2 heterocycles. The summed E-state index contributed by atoms with van der Waals surface area (Å²) in [7, 11) is -3.54. The maximum Gasteiger partial charge on any atom is 0.254 e. The molecule has 7 nitrogen and oxygen atoms in total. The first-order chi connectivity index (χ1) is 16.3. The zero-order valence-corrected chi connectivity index (χ0v) is 20.8. The maximum atomic E-state index is 12.9. The summed E-state index contributed by atoms with van der Waals surface area (Å²) in [6.07, 6.45) is 1.68. The number of hydrogen-bond donors (Lipinski definition) is 1. The highest BCUT2D eigenvalue weighted by Crippen LogP contribution is 2.31. The molecule has 34 heavy (non-hydrogen) atoms. The third-order valence-corrected chi connectivity index (χ3v) is 8.64. The Morgan fingerprint density at radius 1 is 1.09 bits per heavy atom. The fraction of sp³-hybridized carbons (Fsp3) is 0.280. The van der Waals surface area contributed by atoms with Crippen LogP contribution in [0.2, 0.25) is 0 Å². The quantitative estimate of drug-likeness (QED) is 0.534. The fourth-order valence-corrected chi connectivity index (χ4v) is 6.03. The van der Waals surface area contributed by atoms with Gasteiger partial charge in [-0.25, -0.2) is 13.4 Å². The van der Waals surface area contributed by atoms with Gasteiger partial charge in [-0.1, -0.05) is 36.0 Å². The van der Waals surface area contributed by atoms with Crippen molar-refractivity contribution in [1.29, 1.82) is 0 Å². The van der Waals surface area contributed by atoms with Crippen LogP contribution in [0.5, 0.6) is 0 Å². The first-order valence-corrected chi connectivity index (χ1v) is 13.3. The van der Waals surface area contributed by atoms with Crippen LogP contribution in [0.25, 0.3) is 0 Å². The molecule has 1 amide bonds. The molecule has 1 fully saturated rings. The van der Waals surface area contributed by atoms with Crippen LogP contribution in [-0.4, -0.2) is 49.9 Å². The largest absolute Gasteiger partial charge is 0.379 e. The second kappa shape index (κ2) is 10.7. The van der Waals surface area contributed by atoms with Crippen LogP contribution in [0.1, 0.15) is 27.0 Å². The Labute approximate surface area is 204 Å². The number of aryl methyl sites for hydroxylation is 2. The minimum atomic E-state index is -3.54. The van der Waals surface area contributed by atoms with Crippen molar-refractivity contribution in [2.24, 2.45) is 0 Å². The molecule has 178 valence electrons. The van der Waals surface area contributed by atoms with E-state index in [1.54, 1.807) is 42.6 Å². The molecule has 1 aromatic heterocycles. The molecule has 0 atom stereocenters. The molecular formula is C25H27N3O4S2. The molecule has 2 aromatic carbocycles. The molecule has 1 aliphatic rings. The molecule has 4 rings (SSSR count). The lowest BCUT2D eigenvalue weighted by Gasteiger charge is -2.26. The number of ether oxygens (including phenoxy) is 1. The van der Waals surface area contributed by atoms with E-state index in [4.69, 9.17) is 4.74 Å². The SMILES string of the molecule is Cc1ccc(C)c(Sc2ncccc2C(=O)NCc2ccc(S(=O)(=O)N3CCOCC3)cc2)c1. The van der Waals surface area contributed by atoms with Crippen LogP contribution >= 0.6 is 11.8 Å². The van der Waals surface area contributed by atoms with Gasteiger partial charge in [0.15, 0.2) is 0 Å². The van der Waals surface area contributed by atoms with Crippen LogP contribution in [0.4, 0.5) is 0 Å². The van der Waals surface area contributed by atoms with Crippen molar-refractivity contribution in [3.8, 4) is 0 Å². The van der Waals surface area contributed by atoms with Gasteiger partial charge in [-0.2, -0.15) is 4.31 Å². The predicted octanol–water partition coefficient (Wildman–Crippen LogP) is 3.80. The van der Waals surface area contributed by atoms with E-state index in [0.717, 1.165) is 21.6 Å². The summed E-state index contributed by atoms with van der Waals surface area (Å²) in [5.74, 6) is -0.231. The van der Waals surface area contributed by atoms with Gasteiger partial charge in [0.05, 0.1) is 23.7 Å². The van der Waals surface area contributed by atoms with Gasteiger partial charge in [0.25, 0.3) is 5.91 Å². The zero-order chi connectivity index (χ0) is 24.1. The second-order valence-electron chi connectivity index (χ2n) is 8.07. The van der Waals surface area contributed by atoms with Crippen LogP contribution in [0.15, 0.2) is 75.6 Å². The number of hydrogen-bond acceptors (Lipinski definition) is 6. The number of carbonyl (C=O) groups is 1. The second-order valence-corrected chi connectivity index (χ2v) is 11.0. The highest BCUT2D eigenvalue weighted by atomic mass is 32.2. The standard InChI is InChI=1S/C25H27N3O4S2/c1-18-5-6-19(2)23(16-18)33-25-22(4-3-11-26-25)24(29)27-17-20-7-9-21(10-8-20)34(30,31)28-12-14-32-15-13-28/h3-11,16H,12-15,17H2,1-2H3,(H,27,29). The number of sulfonamides is 1. The summed E-state index contributed by atoms with van der Waals surface area (Å²) in [5.41, 5.74) is 3.58. The van der Waals surface area contributed by atoms with Crippen molar-refractivity contribution in [2.45, 2.75) is 35.2 Å². The van der Waals surface area contributed by atoms with E-state index in [1.807, 2.05) is 13.8 Å². The minimum Gasteiger partial charge on any atom is -0.379 e. The summed E-state index contributed by atoms with van der Waals surface area (Å²) >= 11 is 1.47. The van der Waals surface area contributed by atoms with Crippen molar-refractivity contribution in [2.75, 3.05) is 26.3 Å². The lowest BCUT2D eigenvalue weighted by atomic mass is 10.2. The van der Waals surface area contributed by atoms with Crippen molar-refractivity contribution < 1.29 is 17.9 Å². The molecule has 0 unspecified atom stereocenters. The van der Waals surface area contributed by atoms with Crippen LogP contribution in [-0.2, 0) is 21.3 Å². The number of nitrogens with one attached hydrogen (secondary N) is 1. The Morgan fingerprint density at radius 2 is 1.82 bits per heavy atom. The Hall–Kier alpha value is -2.72. The molecule has 1 saturated heterocycles. The summed E-state index contributed by atoms with van der Waals surface area (Å²) in [6, 6.07) is 16.3. The van der Waals surface area contributed by atoms with Crippen LogP contribution in [0.3, 0.4) is 0 Å². The predicted molar refractivity (Wildman–Crippen MR) is 131 cm³/mol. The third-order valence-electron chi connectivity index (χ3n) is 5.55. The molecule has 1 aliphatic heterocycles. The van der Waals surface area contributed by atoms with E-state index in [-0.39, 0.29) is 17.3 Å². The van der Waals surface area contributed by atoms with Gasteiger partial charge in [0.2, 0.25) is 10.0 Å². The Kier molecular flexibility index (Phi) is 7.67. The van der Waals surface area contributed by atoms with Crippen molar-refractivity contribution in [3.63, 3.8) is 0 Å². The molecule has 0 radical (unpaired) electrons. The average Bonchev–Trinajstić information content (AvgIpc) is 2.86. The van der Waals surface area contributed by atoms with Crippen LogP contribution < -0.4 is 5.32 Å². The molecule has 0 bridgehead atoms. The van der Waals surface area contributed by atoms with E-state index < -0.39 is 10.0 Å². The van der Waals surface area contributed by atoms with E-state index in [1.165, 1.54) is 16.1 Å². The Bertz CT molecular complexity index is 1270. The third kappa shape index (κ3) is 5.67. The summed E-state index contributed by atoms with van der Waals surface area (Å²) in [5, 5.41) is 3.56. The van der Waals surface area contributed by atoms with Crippen molar-refractivity contribution in [1.82, 2.24) is 14.6 Å². The summed E-state index contributed by atoms with van der Waals surface area (Å²) < 4.78 is 32.2. The zero-order valence-electron chi connectivity index (χ0n) is 19.2. The molecule has 0 aliphatic carbocycles. The topological polar surface area (TPSA) is 88.6 Å².